The van der Waals surface area contributed by atoms with Gasteiger partial charge in [-0.05, 0) is 93.8 Å². The third kappa shape index (κ3) is 4.93. The first-order valence-corrected chi connectivity index (χ1v) is 13.5. The highest BCUT2D eigenvalue weighted by Gasteiger charge is 2.25. The number of benzene rings is 2. The fraction of sp³-hybridized carbons (Fsp3) is 0.290. The molecular weight excluding hydrogens is 462 g/mol. The summed E-state index contributed by atoms with van der Waals surface area (Å²) in [6, 6.07) is 18.9. The van der Waals surface area contributed by atoms with E-state index in [-0.39, 0.29) is 5.91 Å². The largest absolute Gasteiger partial charge is 0.348 e. The number of aryl methyl sites for hydroxylation is 4. The van der Waals surface area contributed by atoms with Crippen LogP contribution in [0.2, 0.25) is 0 Å². The number of aliphatic imine (C=N–C) groups is 1. The second-order valence-corrected chi connectivity index (χ2v) is 10.9. The molecule has 4 aromatic rings. The molecule has 36 heavy (non-hydrogen) atoms. The summed E-state index contributed by atoms with van der Waals surface area (Å²) in [6.45, 7) is 9.06. The predicted molar refractivity (Wildman–Crippen MR) is 151 cm³/mol. The maximum absolute atomic E-state index is 13.4. The smallest absolute Gasteiger partial charge is 0.254 e. The summed E-state index contributed by atoms with van der Waals surface area (Å²) in [4.78, 5) is 19.6. The Morgan fingerprint density at radius 1 is 1.00 bits per heavy atom. The Morgan fingerprint density at radius 2 is 1.72 bits per heavy atom. The van der Waals surface area contributed by atoms with E-state index in [9.17, 15) is 4.79 Å². The van der Waals surface area contributed by atoms with Crippen molar-refractivity contribution in [1.82, 2.24) is 9.88 Å². The van der Waals surface area contributed by atoms with Crippen LogP contribution < -0.4 is 5.32 Å². The average molecular weight is 496 g/mol. The van der Waals surface area contributed by atoms with Crippen molar-refractivity contribution in [2.75, 3.05) is 0 Å². The van der Waals surface area contributed by atoms with Gasteiger partial charge in [-0.1, -0.05) is 36.4 Å². The molecule has 5 rings (SSSR count). The van der Waals surface area contributed by atoms with Gasteiger partial charge in [0.15, 0.2) is 0 Å². The number of hydrogen-bond acceptors (Lipinski definition) is 3. The Balaban J connectivity index is 1.46. The van der Waals surface area contributed by atoms with Crippen molar-refractivity contribution in [3.8, 4) is 5.69 Å². The Bertz CT molecular complexity index is 1420. The number of carbonyl (C=O) groups excluding carboxylic acids is 1. The topological polar surface area (TPSA) is 46.4 Å². The van der Waals surface area contributed by atoms with Gasteiger partial charge in [0.05, 0.1) is 5.56 Å². The first-order valence-electron chi connectivity index (χ1n) is 12.7. The Labute approximate surface area is 217 Å². The van der Waals surface area contributed by atoms with Crippen LogP contribution in [0.1, 0.15) is 67.3 Å². The number of aromatic nitrogens is 1. The zero-order valence-corrected chi connectivity index (χ0v) is 22.3. The van der Waals surface area contributed by atoms with Crippen molar-refractivity contribution in [1.29, 1.82) is 0 Å². The third-order valence-electron chi connectivity index (χ3n) is 6.93. The number of amides is 1. The van der Waals surface area contributed by atoms with Crippen LogP contribution in [0.15, 0.2) is 59.6 Å². The molecule has 2 aromatic heterocycles. The summed E-state index contributed by atoms with van der Waals surface area (Å²) in [7, 11) is 0. The van der Waals surface area contributed by atoms with E-state index in [2.05, 4.69) is 61.8 Å². The van der Waals surface area contributed by atoms with Crippen LogP contribution in [0.25, 0.3) is 5.69 Å². The number of nitrogens with zero attached hydrogens (tertiary/aromatic N) is 2. The number of thiophene rings is 1. The molecule has 1 aliphatic rings. The van der Waals surface area contributed by atoms with Gasteiger partial charge in [0.25, 0.3) is 5.91 Å². The van der Waals surface area contributed by atoms with Crippen molar-refractivity contribution in [3.63, 3.8) is 0 Å². The maximum Gasteiger partial charge on any atom is 0.254 e. The standard InChI is InChI=1S/C31H33N3OS/c1-20-14-21(2)16-26(15-20)34-22(3)17-25(23(34)4)19-33-31-29(27-12-8-9-13-28(27)36-31)30(35)32-18-24-10-6-5-7-11-24/h5-7,10-11,14-17,19H,8-9,12-13,18H2,1-4H3,(H,32,35). The number of hydrogen-bond donors (Lipinski definition) is 1. The zero-order valence-electron chi connectivity index (χ0n) is 21.5. The Morgan fingerprint density at radius 3 is 2.47 bits per heavy atom. The van der Waals surface area contributed by atoms with Crippen LogP contribution in [-0.2, 0) is 19.4 Å². The summed E-state index contributed by atoms with van der Waals surface area (Å²) in [5.41, 5.74) is 10.1. The molecule has 0 saturated heterocycles. The van der Waals surface area contributed by atoms with Gasteiger partial charge >= 0.3 is 0 Å². The van der Waals surface area contributed by atoms with Crippen LogP contribution in [0.5, 0.6) is 0 Å². The fourth-order valence-corrected chi connectivity index (χ4v) is 6.50. The van der Waals surface area contributed by atoms with E-state index in [0.717, 1.165) is 46.6 Å². The Hall–Kier alpha value is -3.44. The number of fused-ring (bicyclic) bond motifs is 1. The van der Waals surface area contributed by atoms with Gasteiger partial charge in [0, 0.05) is 40.3 Å². The van der Waals surface area contributed by atoms with Crippen LogP contribution in [-0.4, -0.2) is 16.7 Å². The molecule has 0 unspecified atom stereocenters. The molecule has 2 aromatic carbocycles. The number of carbonyl (C=O) groups is 1. The summed E-state index contributed by atoms with van der Waals surface area (Å²) in [5.74, 6) is -0.0221. The lowest BCUT2D eigenvalue weighted by Crippen LogP contribution is -2.24. The van der Waals surface area contributed by atoms with E-state index in [1.54, 1.807) is 11.3 Å². The lowest BCUT2D eigenvalue weighted by atomic mass is 9.95. The fourth-order valence-electron chi connectivity index (χ4n) is 5.27. The van der Waals surface area contributed by atoms with Crippen LogP contribution in [0.4, 0.5) is 5.00 Å². The average Bonchev–Trinajstić information content (AvgIpc) is 3.37. The second-order valence-electron chi connectivity index (χ2n) is 9.83. The maximum atomic E-state index is 13.4. The molecule has 1 aliphatic carbocycles. The van der Waals surface area contributed by atoms with Crippen LogP contribution in [0, 0.1) is 27.7 Å². The molecule has 0 atom stereocenters. The number of rotatable bonds is 6. The minimum Gasteiger partial charge on any atom is -0.348 e. The van der Waals surface area contributed by atoms with Crippen LogP contribution >= 0.6 is 11.3 Å². The molecule has 1 N–H and O–H groups in total. The van der Waals surface area contributed by atoms with Gasteiger partial charge in [-0.25, -0.2) is 4.99 Å². The number of nitrogens with one attached hydrogen (secondary N) is 1. The quantitative estimate of drug-likeness (QED) is 0.280. The monoisotopic (exact) mass is 495 g/mol. The first kappa shape index (κ1) is 24.3. The van der Waals surface area contributed by atoms with E-state index >= 15 is 0 Å². The molecule has 1 amide bonds. The van der Waals surface area contributed by atoms with Gasteiger partial charge in [-0.3, -0.25) is 4.79 Å². The molecular formula is C31H33N3OS. The van der Waals surface area contributed by atoms with Crippen molar-refractivity contribution in [2.45, 2.75) is 59.9 Å². The summed E-state index contributed by atoms with van der Waals surface area (Å²) in [6.07, 6.45) is 6.24. The van der Waals surface area contributed by atoms with Crippen molar-refractivity contribution in [3.05, 3.63) is 104 Å². The van der Waals surface area contributed by atoms with E-state index in [4.69, 9.17) is 4.99 Å². The third-order valence-corrected chi connectivity index (χ3v) is 8.13. The van der Waals surface area contributed by atoms with E-state index in [1.807, 2.05) is 36.5 Å². The lowest BCUT2D eigenvalue weighted by molar-refractivity contribution is 0.0951. The summed E-state index contributed by atoms with van der Waals surface area (Å²) in [5, 5.41) is 3.96. The molecule has 0 fully saturated rings. The molecule has 0 bridgehead atoms. The molecule has 5 heteroatoms. The normalized spacial score (nSPS) is 13.2. The molecule has 184 valence electrons. The van der Waals surface area contributed by atoms with Gasteiger partial charge in [-0.15, -0.1) is 11.3 Å². The van der Waals surface area contributed by atoms with Gasteiger partial charge in [0.2, 0.25) is 0 Å². The molecule has 4 nitrogen and oxygen atoms in total. The summed E-state index contributed by atoms with van der Waals surface area (Å²) >= 11 is 1.68. The first-order chi connectivity index (χ1) is 17.4. The van der Waals surface area contributed by atoms with E-state index in [0.29, 0.717) is 6.54 Å². The zero-order chi connectivity index (χ0) is 25.2. The second kappa shape index (κ2) is 10.3. The van der Waals surface area contributed by atoms with Crippen molar-refractivity contribution in [2.24, 2.45) is 4.99 Å². The lowest BCUT2D eigenvalue weighted by Gasteiger charge is -2.13. The predicted octanol–water partition coefficient (Wildman–Crippen LogP) is 7.33. The Kier molecular flexibility index (Phi) is 6.92. The highest BCUT2D eigenvalue weighted by Crippen LogP contribution is 2.40. The highest BCUT2D eigenvalue weighted by molar-refractivity contribution is 7.16. The van der Waals surface area contributed by atoms with E-state index < -0.39 is 0 Å². The van der Waals surface area contributed by atoms with Gasteiger partial charge in [0.1, 0.15) is 5.00 Å². The van der Waals surface area contributed by atoms with Gasteiger partial charge < -0.3 is 9.88 Å². The SMILES string of the molecule is Cc1cc(C)cc(-n2c(C)cc(C=Nc3sc4c(c3C(=O)NCc3ccccc3)CCCC4)c2C)c1. The molecule has 0 saturated carbocycles. The highest BCUT2D eigenvalue weighted by atomic mass is 32.1. The van der Waals surface area contributed by atoms with Crippen molar-refractivity contribution >= 4 is 28.5 Å². The molecule has 0 radical (unpaired) electrons. The van der Waals surface area contributed by atoms with Crippen molar-refractivity contribution < 1.29 is 4.79 Å². The molecule has 0 spiro atoms. The van der Waals surface area contributed by atoms with Gasteiger partial charge in [-0.2, -0.15) is 0 Å². The molecule has 2 heterocycles. The minimum absolute atomic E-state index is 0.0221. The summed E-state index contributed by atoms with van der Waals surface area (Å²) < 4.78 is 2.29. The van der Waals surface area contributed by atoms with E-state index in [1.165, 1.54) is 39.4 Å². The minimum atomic E-state index is -0.0221. The van der Waals surface area contributed by atoms with Crippen LogP contribution in [0.3, 0.4) is 0 Å². The molecule has 0 aliphatic heterocycles.